The lowest BCUT2D eigenvalue weighted by Gasteiger charge is -1.97. The zero-order chi connectivity index (χ0) is 13.8. The third-order valence-electron chi connectivity index (χ3n) is 2.33. The third kappa shape index (κ3) is 3.24. The largest absolute Gasteiger partial charge is 0.296 e. The quantitative estimate of drug-likeness (QED) is 0.789. The molecule has 0 saturated carbocycles. The van der Waals surface area contributed by atoms with Crippen LogP contribution in [-0.4, -0.2) is 15.3 Å². The van der Waals surface area contributed by atoms with Gasteiger partial charge in [0.05, 0.1) is 4.88 Å². The van der Waals surface area contributed by atoms with Gasteiger partial charge < -0.3 is 0 Å². The molecule has 1 aromatic carbocycles. The second-order valence-corrected chi connectivity index (χ2v) is 6.47. The number of nitrogens with one attached hydrogen (secondary N) is 1. The van der Waals surface area contributed by atoms with E-state index in [1.807, 2.05) is 41.8 Å². The first-order valence-corrected chi connectivity index (χ1v) is 8.20. The monoisotopic (exact) mass is 319 g/mol. The number of nitrogens with zero attached hydrogens (tertiary/aromatic N) is 2. The fraction of sp³-hybridized carbons (Fsp3) is 0. The number of anilines is 1. The van der Waals surface area contributed by atoms with Gasteiger partial charge in [-0.2, -0.15) is 9.36 Å². The average molecular weight is 319 g/mol. The Labute approximate surface area is 128 Å². The molecular weight excluding hydrogens is 310 g/mol. The van der Waals surface area contributed by atoms with Crippen LogP contribution in [0.2, 0.25) is 0 Å². The van der Waals surface area contributed by atoms with Gasteiger partial charge >= 0.3 is 0 Å². The first-order chi connectivity index (χ1) is 9.81. The fourth-order valence-corrected chi connectivity index (χ4v) is 3.51. The summed E-state index contributed by atoms with van der Waals surface area (Å²) in [5.74, 6) is -0.146. The zero-order valence-electron chi connectivity index (χ0n) is 10.1. The Morgan fingerprint density at radius 1 is 1.15 bits per heavy atom. The molecule has 0 spiro atoms. The summed E-state index contributed by atoms with van der Waals surface area (Å²) in [6.07, 6.45) is 0. The summed E-state index contributed by atoms with van der Waals surface area (Å²) in [7, 11) is 0. The molecule has 0 atom stereocenters. The Kier molecular flexibility index (Phi) is 4.10. The van der Waals surface area contributed by atoms with Gasteiger partial charge in [0.1, 0.15) is 0 Å². The Morgan fingerprint density at radius 3 is 2.75 bits per heavy atom. The molecule has 2 aromatic heterocycles. The summed E-state index contributed by atoms with van der Waals surface area (Å²) < 4.78 is 4.23. The van der Waals surface area contributed by atoms with Crippen LogP contribution in [0, 0.1) is 0 Å². The van der Waals surface area contributed by atoms with Crippen molar-refractivity contribution in [2.24, 2.45) is 0 Å². The van der Waals surface area contributed by atoms with Gasteiger partial charge in [-0.25, -0.2) is 0 Å². The molecule has 0 radical (unpaired) electrons. The van der Waals surface area contributed by atoms with Gasteiger partial charge in [-0.05, 0) is 35.3 Å². The van der Waals surface area contributed by atoms with Crippen molar-refractivity contribution in [3.8, 4) is 0 Å². The molecule has 0 aliphatic carbocycles. The van der Waals surface area contributed by atoms with E-state index in [0.29, 0.717) is 15.2 Å². The van der Waals surface area contributed by atoms with Gasteiger partial charge in [0, 0.05) is 16.4 Å². The van der Waals surface area contributed by atoms with Gasteiger partial charge in [0.15, 0.2) is 0 Å². The van der Waals surface area contributed by atoms with Crippen LogP contribution in [0.3, 0.4) is 0 Å². The van der Waals surface area contributed by atoms with Crippen molar-refractivity contribution in [2.75, 3.05) is 5.32 Å². The normalized spacial score (nSPS) is 10.4. The molecular formula is C13H9N3OS3. The molecule has 3 aromatic rings. The van der Waals surface area contributed by atoms with Crippen LogP contribution >= 0.6 is 34.6 Å². The average Bonchev–Trinajstić information content (AvgIpc) is 3.11. The van der Waals surface area contributed by atoms with E-state index in [0.717, 1.165) is 4.90 Å². The number of carbonyl (C=O) groups is 1. The standard InChI is InChI=1S/C13H9N3OS3/c17-11(10-7-4-8-18-10)14-12-15-13(16-20-12)19-9-5-2-1-3-6-9/h1-8H,(H,14,15,16,17). The van der Waals surface area contributed by atoms with Crippen LogP contribution in [0.1, 0.15) is 9.67 Å². The maximum atomic E-state index is 11.9. The van der Waals surface area contributed by atoms with Crippen LogP contribution in [0.25, 0.3) is 0 Å². The SMILES string of the molecule is O=C(Nc1nc(Sc2ccccc2)ns1)c1cccs1. The number of hydrogen-bond donors (Lipinski definition) is 1. The van der Waals surface area contributed by atoms with Crippen LogP contribution in [0.5, 0.6) is 0 Å². The number of rotatable bonds is 4. The minimum atomic E-state index is -0.146. The summed E-state index contributed by atoms with van der Waals surface area (Å²) in [5.41, 5.74) is 0. The van der Waals surface area contributed by atoms with E-state index in [-0.39, 0.29) is 5.91 Å². The van der Waals surface area contributed by atoms with E-state index in [4.69, 9.17) is 0 Å². The zero-order valence-corrected chi connectivity index (χ0v) is 12.6. The van der Waals surface area contributed by atoms with Gasteiger partial charge in [0.25, 0.3) is 5.91 Å². The molecule has 0 bridgehead atoms. The molecule has 100 valence electrons. The Hall–Kier alpha value is -1.70. The van der Waals surface area contributed by atoms with Gasteiger partial charge in [0.2, 0.25) is 10.3 Å². The summed E-state index contributed by atoms with van der Waals surface area (Å²) >= 11 is 4.06. The van der Waals surface area contributed by atoms with Crippen LogP contribution < -0.4 is 5.32 Å². The number of aromatic nitrogens is 2. The van der Waals surface area contributed by atoms with E-state index in [1.165, 1.54) is 34.6 Å². The predicted octanol–water partition coefficient (Wildman–Crippen LogP) is 4.00. The molecule has 2 heterocycles. The smallest absolute Gasteiger partial charge is 0.267 e. The number of hydrogen-bond acceptors (Lipinski definition) is 6. The molecule has 4 nitrogen and oxygen atoms in total. The highest BCUT2D eigenvalue weighted by molar-refractivity contribution is 7.99. The lowest BCUT2D eigenvalue weighted by molar-refractivity contribution is 0.103. The Balaban J connectivity index is 1.67. The highest BCUT2D eigenvalue weighted by Crippen LogP contribution is 2.27. The minimum absolute atomic E-state index is 0.146. The number of benzene rings is 1. The van der Waals surface area contributed by atoms with Gasteiger partial charge in [-0.15, -0.1) is 11.3 Å². The van der Waals surface area contributed by atoms with Gasteiger partial charge in [-0.1, -0.05) is 24.3 Å². The van der Waals surface area contributed by atoms with E-state index in [1.54, 1.807) is 6.07 Å². The Bertz CT molecular complexity index is 695. The first-order valence-electron chi connectivity index (χ1n) is 5.73. The van der Waals surface area contributed by atoms with Crippen LogP contribution in [-0.2, 0) is 0 Å². The molecule has 0 fully saturated rings. The van der Waals surface area contributed by atoms with Crippen molar-refractivity contribution >= 4 is 45.7 Å². The number of carbonyl (C=O) groups excluding carboxylic acids is 1. The fourth-order valence-electron chi connectivity index (χ4n) is 1.46. The number of thiophene rings is 1. The molecule has 0 saturated heterocycles. The summed E-state index contributed by atoms with van der Waals surface area (Å²) in [6, 6.07) is 13.5. The summed E-state index contributed by atoms with van der Waals surface area (Å²) in [4.78, 5) is 17.9. The van der Waals surface area contributed by atoms with E-state index in [2.05, 4.69) is 14.7 Å². The highest BCUT2D eigenvalue weighted by atomic mass is 32.2. The maximum absolute atomic E-state index is 11.9. The lowest BCUT2D eigenvalue weighted by atomic mass is 10.4. The second-order valence-electron chi connectivity index (χ2n) is 3.73. The van der Waals surface area contributed by atoms with Crippen molar-refractivity contribution in [3.63, 3.8) is 0 Å². The highest BCUT2D eigenvalue weighted by Gasteiger charge is 2.11. The van der Waals surface area contributed by atoms with E-state index < -0.39 is 0 Å². The topological polar surface area (TPSA) is 54.9 Å². The van der Waals surface area contributed by atoms with Crippen molar-refractivity contribution in [1.29, 1.82) is 0 Å². The summed E-state index contributed by atoms with van der Waals surface area (Å²) in [6.45, 7) is 0. The second kappa shape index (κ2) is 6.17. The van der Waals surface area contributed by atoms with Crippen LogP contribution in [0.4, 0.5) is 5.13 Å². The molecule has 1 amide bonds. The number of amides is 1. The Morgan fingerprint density at radius 2 is 2.00 bits per heavy atom. The molecule has 1 N–H and O–H groups in total. The van der Waals surface area contributed by atoms with Crippen molar-refractivity contribution in [2.45, 2.75) is 10.1 Å². The predicted molar refractivity (Wildman–Crippen MR) is 82.7 cm³/mol. The van der Waals surface area contributed by atoms with Crippen molar-refractivity contribution in [3.05, 3.63) is 52.7 Å². The molecule has 0 unspecified atom stereocenters. The lowest BCUT2D eigenvalue weighted by Crippen LogP contribution is -2.09. The van der Waals surface area contributed by atoms with E-state index in [9.17, 15) is 4.79 Å². The molecule has 7 heteroatoms. The molecule has 0 aliphatic heterocycles. The molecule has 3 rings (SSSR count). The minimum Gasteiger partial charge on any atom is -0.296 e. The molecule has 0 aliphatic rings. The first kappa shape index (κ1) is 13.3. The van der Waals surface area contributed by atoms with E-state index >= 15 is 0 Å². The van der Waals surface area contributed by atoms with Crippen molar-refractivity contribution in [1.82, 2.24) is 9.36 Å². The molecule has 20 heavy (non-hydrogen) atoms. The van der Waals surface area contributed by atoms with Crippen molar-refractivity contribution < 1.29 is 4.79 Å². The van der Waals surface area contributed by atoms with Crippen LogP contribution in [0.15, 0.2) is 57.9 Å². The maximum Gasteiger partial charge on any atom is 0.267 e. The third-order valence-corrected chi connectivity index (χ3v) is 4.81. The van der Waals surface area contributed by atoms with Gasteiger partial charge in [-0.3, -0.25) is 10.1 Å². The summed E-state index contributed by atoms with van der Waals surface area (Å²) in [5, 5.41) is 5.78.